The number of amides is 1. The van der Waals surface area contributed by atoms with Gasteiger partial charge in [-0.3, -0.25) is 4.79 Å². The van der Waals surface area contributed by atoms with Gasteiger partial charge in [0.05, 0.1) is 30.5 Å². The summed E-state index contributed by atoms with van der Waals surface area (Å²) < 4.78 is 5.44. The molecule has 2 aromatic heterocycles. The first-order chi connectivity index (χ1) is 14.0. The van der Waals surface area contributed by atoms with Crippen molar-refractivity contribution in [3.8, 4) is 0 Å². The van der Waals surface area contributed by atoms with Gasteiger partial charge in [0, 0.05) is 38.1 Å². The molecule has 0 unspecified atom stereocenters. The fraction of sp³-hybridized carbons (Fsp3) is 0.524. The first kappa shape index (κ1) is 19.6. The van der Waals surface area contributed by atoms with E-state index in [2.05, 4.69) is 39.3 Å². The Kier molecular flexibility index (Phi) is 5.36. The van der Waals surface area contributed by atoms with Crippen molar-refractivity contribution < 1.29 is 9.53 Å². The second kappa shape index (κ2) is 7.94. The first-order valence-corrected chi connectivity index (χ1v) is 10.1. The zero-order valence-corrected chi connectivity index (χ0v) is 17.2. The minimum Gasteiger partial charge on any atom is -0.378 e. The predicted molar refractivity (Wildman–Crippen MR) is 111 cm³/mol. The van der Waals surface area contributed by atoms with Gasteiger partial charge in [0.2, 0.25) is 5.95 Å². The van der Waals surface area contributed by atoms with Crippen LogP contribution >= 0.6 is 0 Å². The van der Waals surface area contributed by atoms with Gasteiger partial charge in [0.1, 0.15) is 5.82 Å². The molecule has 1 aliphatic carbocycles. The molecule has 1 amide bonds. The van der Waals surface area contributed by atoms with Crippen LogP contribution in [0.25, 0.3) is 0 Å². The number of ether oxygens (including phenoxy) is 1. The molecule has 1 atom stereocenters. The van der Waals surface area contributed by atoms with Crippen molar-refractivity contribution in [2.24, 2.45) is 5.41 Å². The van der Waals surface area contributed by atoms with E-state index in [1.807, 2.05) is 6.20 Å². The van der Waals surface area contributed by atoms with Gasteiger partial charge in [0.25, 0.3) is 5.91 Å². The van der Waals surface area contributed by atoms with E-state index in [-0.39, 0.29) is 17.4 Å². The van der Waals surface area contributed by atoms with Gasteiger partial charge in [-0.25, -0.2) is 15.0 Å². The number of aromatic nitrogens is 3. The van der Waals surface area contributed by atoms with Crippen molar-refractivity contribution in [3.05, 3.63) is 41.3 Å². The van der Waals surface area contributed by atoms with Gasteiger partial charge in [-0.1, -0.05) is 13.8 Å². The number of anilines is 2. The molecule has 0 radical (unpaired) electrons. The quantitative estimate of drug-likeness (QED) is 0.818. The number of nitrogens with zero attached hydrogens (tertiary/aromatic N) is 4. The maximum absolute atomic E-state index is 12.2. The minimum absolute atomic E-state index is 0.00852. The summed E-state index contributed by atoms with van der Waals surface area (Å²) in [5.74, 6) is 1.19. The third-order valence-electron chi connectivity index (χ3n) is 5.55. The molecule has 3 heterocycles. The molecule has 2 aliphatic rings. The summed E-state index contributed by atoms with van der Waals surface area (Å²) in [6.07, 6.45) is 5.43. The fourth-order valence-corrected chi connectivity index (χ4v) is 4.08. The monoisotopic (exact) mass is 396 g/mol. The molecule has 0 saturated carbocycles. The Morgan fingerprint density at radius 3 is 2.83 bits per heavy atom. The lowest BCUT2D eigenvalue weighted by atomic mass is 9.74. The molecule has 8 heteroatoms. The minimum atomic E-state index is -0.158. The van der Waals surface area contributed by atoms with Crippen LogP contribution in [0.2, 0.25) is 0 Å². The van der Waals surface area contributed by atoms with E-state index in [0.29, 0.717) is 24.6 Å². The van der Waals surface area contributed by atoms with Crippen molar-refractivity contribution in [2.45, 2.75) is 32.7 Å². The van der Waals surface area contributed by atoms with Gasteiger partial charge in [-0.05, 0) is 30.4 Å². The van der Waals surface area contributed by atoms with Crippen LogP contribution in [0.3, 0.4) is 0 Å². The van der Waals surface area contributed by atoms with Crippen LogP contribution in [0.5, 0.6) is 0 Å². The lowest BCUT2D eigenvalue weighted by Crippen LogP contribution is -2.38. The van der Waals surface area contributed by atoms with Crippen molar-refractivity contribution in [1.29, 1.82) is 0 Å². The lowest BCUT2D eigenvalue weighted by Gasteiger charge is -2.37. The largest absolute Gasteiger partial charge is 0.378 e. The molecule has 1 aliphatic heterocycles. The number of fused-ring (bicyclic) bond motifs is 1. The zero-order valence-electron chi connectivity index (χ0n) is 17.2. The Bertz CT molecular complexity index is 894. The Morgan fingerprint density at radius 1 is 1.28 bits per heavy atom. The van der Waals surface area contributed by atoms with E-state index in [0.717, 1.165) is 43.1 Å². The molecule has 1 fully saturated rings. The Labute approximate surface area is 171 Å². The van der Waals surface area contributed by atoms with E-state index >= 15 is 0 Å². The molecule has 1 saturated heterocycles. The van der Waals surface area contributed by atoms with Gasteiger partial charge in [0.15, 0.2) is 0 Å². The van der Waals surface area contributed by atoms with Crippen LogP contribution in [0.1, 0.15) is 47.9 Å². The summed E-state index contributed by atoms with van der Waals surface area (Å²) >= 11 is 0. The second-order valence-corrected chi connectivity index (χ2v) is 8.39. The van der Waals surface area contributed by atoms with Crippen molar-refractivity contribution in [2.75, 3.05) is 43.6 Å². The van der Waals surface area contributed by atoms with Crippen LogP contribution < -0.4 is 15.5 Å². The zero-order chi connectivity index (χ0) is 20.4. The number of pyridine rings is 1. The van der Waals surface area contributed by atoms with Crippen LogP contribution in [-0.2, 0) is 11.2 Å². The number of nitrogens with one attached hydrogen (secondary N) is 2. The third kappa shape index (κ3) is 4.17. The summed E-state index contributed by atoms with van der Waals surface area (Å²) in [5, 5.41) is 6.17. The van der Waals surface area contributed by atoms with Gasteiger partial charge in [-0.2, -0.15) is 0 Å². The average molecular weight is 396 g/mol. The smallest absolute Gasteiger partial charge is 0.254 e. The molecule has 8 nitrogen and oxygen atoms in total. The average Bonchev–Trinajstić information content (AvgIpc) is 2.73. The van der Waals surface area contributed by atoms with Crippen LogP contribution in [0.4, 0.5) is 11.8 Å². The maximum Gasteiger partial charge on any atom is 0.254 e. The normalized spacial score (nSPS) is 20.7. The number of morpholine rings is 1. The Balaban J connectivity index is 1.65. The lowest BCUT2D eigenvalue weighted by molar-refractivity contribution is 0.0963. The summed E-state index contributed by atoms with van der Waals surface area (Å²) in [6.45, 7) is 7.54. The molecule has 0 spiro atoms. The molecule has 2 N–H and O–H groups in total. The third-order valence-corrected chi connectivity index (χ3v) is 5.55. The number of carbonyl (C=O) groups is 1. The van der Waals surface area contributed by atoms with Crippen molar-refractivity contribution in [3.63, 3.8) is 0 Å². The summed E-state index contributed by atoms with van der Waals surface area (Å²) in [4.78, 5) is 28.4. The number of carbonyl (C=O) groups excluding carboxylic acids is 1. The highest BCUT2D eigenvalue weighted by Gasteiger charge is 2.35. The topological polar surface area (TPSA) is 92.3 Å². The van der Waals surface area contributed by atoms with Crippen LogP contribution in [0, 0.1) is 5.41 Å². The molecule has 29 heavy (non-hydrogen) atoms. The Hall–Kier alpha value is -2.74. The standard InChI is InChI=1S/C21H28N6O2/c1-21(2)11-16(25-18-14(19(28)22-3)5-4-6-23-18)15-13-24-20(26-17(15)12-21)27-7-9-29-10-8-27/h4-6,13,16H,7-12H2,1-3H3,(H,22,28)(H,23,25)/t16-/m0/s1. The molecule has 2 aromatic rings. The number of hydrogen-bond acceptors (Lipinski definition) is 7. The highest BCUT2D eigenvalue weighted by atomic mass is 16.5. The molecular formula is C21H28N6O2. The highest BCUT2D eigenvalue weighted by Crippen LogP contribution is 2.41. The molecule has 154 valence electrons. The van der Waals surface area contributed by atoms with Gasteiger partial charge >= 0.3 is 0 Å². The fourth-order valence-electron chi connectivity index (χ4n) is 4.08. The molecular weight excluding hydrogens is 368 g/mol. The van der Waals surface area contributed by atoms with Gasteiger partial charge in [-0.15, -0.1) is 0 Å². The summed E-state index contributed by atoms with van der Waals surface area (Å²) in [7, 11) is 1.62. The van der Waals surface area contributed by atoms with E-state index in [9.17, 15) is 4.79 Å². The van der Waals surface area contributed by atoms with Crippen LogP contribution in [0.15, 0.2) is 24.5 Å². The van der Waals surface area contributed by atoms with E-state index in [1.165, 1.54) is 0 Å². The Morgan fingerprint density at radius 2 is 2.07 bits per heavy atom. The molecule has 0 aromatic carbocycles. The maximum atomic E-state index is 12.2. The number of hydrogen-bond donors (Lipinski definition) is 2. The van der Waals surface area contributed by atoms with Crippen molar-refractivity contribution in [1.82, 2.24) is 20.3 Å². The van der Waals surface area contributed by atoms with E-state index < -0.39 is 0 Å². The second-order valence-electron chi connectivity index (χ2n) is 8.39. The van der Waals surface area contributed by atoms with Gasteiger partial charge < -0.3 is 20.3 Å². The molecule has 0 bridgehead atoms. The first-order valence-electron chi connectivity index (χ1n) is 10.1. The van der Waals surface area contributed by atoms with E-state index in [4.69, 9.17) is 9.72 Å². The molecule has 4 rings (SSSR count). The highest BCUT2D eigenvalue weighted by molar-refractivity contribution is 5.98. The predicted octanol–water partition coefficient (Wildman–Crippen LogP) is 2.19. The summed E-state index contributed by atoms with van der Waals surface area (Å²) in [5.41, 5.74) is 2.75. The summed E-state index contributed by atoms with van der Waals surface area (Å²) in [6, 6.07) is 3.54. The van der Waals surface area contributed by atoms with E-state index in [1.54, 1.807) is 25.4 Å². The number of rotatable bonds is 4. The van der Waals surface area contributed by atoms with Crippen LogP contribution in [-0.4, -0.2) is 54.2 Å². The SMILES string of the molecule is CNC(=O)c1cccnc1N[C@H]1CC(C)(C)Cc2nc(N3CCOCC3)ncc21. The van der Waals surface area contributed by atoms with Crippen molar-refractivity contribution >= 4 is 17.7 Å².